The van der Waals surface area contributed by atoms with Crippen LogP contribution in [0.3, 0.4) is 0 Å². The number of ether oxygens (including phenoxy) is 1. The van der Waals surface area contributed by atoms with Crippen LogP contribution < -0.4 is 10.5 Å². The fourth-order valence-corrected chi connectivity index (χ4v) is 5.07. The van der Waals surface area contributed by atoms with E-state index in [1.165, 1.54) is 49.5 Å². The number of carbonyl (C=O) groups is 1. The molecule has 3 aromatic rings. The minimum Gasteiger partial charge on any atom is -0.476 e. The minimum atomic E-state index is -4.38. The van der Waals surface area contributed by atoms with E-state index >= 15 is 0 Å². The molecule has 1 fully saturated rings. The molecule has 0 unspecified atom stereocenters. The molecule has 0 atom stereocenters. The highest BCUT2D eigenvalue weighted by Gasteiger charge is 2.64. The average Bonchev–Trinajstić information content (AvgIpc) is 3.47. The number of nitriles is 1. The van der Waals surface area contributed by atoms with Crippen molar-refractivity contribution >= 4 is 15.7 Å². The van der Waals surface area contributed by atoms with E-state index in [1.54, 1.807) is 0 Å². The summed E-state index contributed by atoms with van der Waals surface area (Å²) in [5, 5.41) is 12.4. The van der Waals surface area contributed by atoms with E-state index in [4.69, 9.17) is 15.7 Å². The van der Waals surface area contributed by atoms with Gasteiger partial charge in [0.25, 0.3) is 5.91 Å². The lowest BCUT2D eigenvalue weighted by Crippen LogP contribution is -2.30. The van der Waals surface area contributed by atoms with Crippen LogP contribution in [0.1, 0.15) is 34.3 Å². The monoisotopic (exact) mass is 505 g/mol. The number of alkyl halides is 3. The van der Waals surface area contributed by atoms with Crippen molar-refractivity contribution in [2.45, 2.75) is 35.9 Å². The minimum absolute atomic E-state index is 0.0245. The first-order valence-corrected chi connectivity index (χ1v) is 11.7. The van der Waals surface area contributed by atoms with E-state index < -0.39 is 39.0 Å². The van der Waals surface area contributed by atoms with Crippen LogP contribution in [0.2, 0.25) is 0 Å². The summed E-state index contributed by atoms with van der Waals surface area (Å²) in [4.78, 5) is 15.9. The molecule has 1 amide bonds. The number of nitrogens with zero attached hydrogens (tertiary/aromatic N) is 4. The lowest BCUT2D eigenvalue weighted by atomic mass is 10.1. The van der Waals surface area contributed by atoms with E-state index in [9.17, 15) is 26.4 Å². The maximum atomic E-state index is 13.4. The lowest BCUT2D eigenvalue weighted by molar-refractivity contribution is -0.194. The van der Waals surface area contributed by atoms with Crippen molar-refractivity contribution in [3.63, 3.8) is 0 Å². The first-order chi connectivity index (χ1) is 16.4. The van der Waals surface area contributed by atoms with Gasteiger partial charge in [0, 0.05) is 12.3 Å². The maximum absolute atomic E-state index is 13.4. The van der Waals surface area contributed by atoms with Gasteiger partial charge in [-0.1, -0.05) is 0 Å². The average molecular weight is 505 g/mol. The Kier molecular flexibility index (Phi) is 5.80. The molecule has 2 N–H and O–H groups in total. The molecule has 1 aliphatic rings. The molecule has 0 aliphatic heterocycles. The molecule has 2 heterocycles. The molecule has 2 aromatic heterocycles. The molecule has 13 heteroatoms. The van der Waals surface area contributed by atoms with Crippen LogP contribution in [-0.2, 0) is 9.84 Å². The van der Waals surface area contributed by atoms with Crippen molar-refractivity contribution < 1.29 is 31.1 Å². The number of amides is 1. The maximum Gasteiger partial charge on any atom is 0.397 e. The van der Waals surface area contributed by atoms with Crippen LogP contribution in [0.25, 0.3) is 5.82 Å². The zero-order valence-corrected chi connectivity index (χ0v) is 19.0. The van der Waals surface area contributed by atoms with E-state index in [2.05, 4.69) is 10.1 Å². The largest absolute Gasteiger partial charge is 0.476 e. The number of pyridine rings is 1. The molecule has 1 saturated carbocycles. The Hall–Kier alpha value is -3.92. The zero-order valence-electron chi connectivity index (χ0n) is 18.2. The summed E-state index contributed by atoms with van der Waals surface area (Å²) in [5.41, 5.74) is 3.65. The Balaban J connectivity index is 1.68. The molecule has 182 valence electrons. The predicted octanol–water partition coefficient (Wildman–Crippen LogP) is 3.10. The number of aromatic nitrogens is 3. The molecule has 0 saturated heterocycles. The summed E-state index contributed by atoms with van der Waals surface area (Å²) in [6, 6.07) is 9.61. The highest BCUT2D eigenvalue weighted by atomic mass is 32.2. The molecule has 0 spiro atoms. The van der Waals surface area contributed by atoms with E-state index in [1.807, 2.05) is 6.07 Å². The Morgan fingerprint density at radius 1 is 1.26 bits per heavy atom. The first-order valence-electron chi connectivity index (χ1n) is 10.2. The number of hydrogen-bond donors (Lipinski definition) is 1. The van der Waals surface area contributed by atoms with Gasteiger partial charge in [-0.15, -0.1) is 5.10 Å². The highest BCUT2D eigenvalue weighted by molar-refractivity contribution is 7.91. The first kappa shape index (κ1) is 24.2. The quantitative estimate of drug-likeness (QED) is 0.520. The van der Waals surface area contributed by atoms with Gasteiger partial charge in [-0.3, -0.25) is 4.79 Å². The van der Waals surface area contributed by atoms with Gasteiger partial charge in [0.2, 0.25) is 15.7 Å². The van der Waals surface area contributed by atoms with Crippen molar-refractivity contribution in [3.8, 4) is 17.8 Å². The SMILES string of the molecule is Cc1cc(C#N)ccc1S(=O)(=O)c1nc(-n2ccc(OCC3(C(F)(F)F)CC3)n2)ccc1C(N)=O. The summed E-state index contributed by atoms with van der Waals surface area (Å²) in [5.74, 6) is -1.17. The fraction of sp³-hybridized carbons (Fsp3) is 0.273. The molecule has 1 aliphatic carbocycles. The molecule has 0 radical (unpaired) electrons. The molecule has 9 nitrogen and oxygen atoms in total. The van der Waals surface area contributed by atoms with Gasteiger partial charge < -0.3 is 10.5 Å². The van der Waals surface area contributed by atoms with Gasteiger partial charge in [0.15, 0.2) is 10.8 Å². The van der Waals surface area contributed by atoms with Gasteiger partial charge in [-0.05, 0) is 55.7 Å². The van der Waals surface area contributed by atoms with Crippen LogP contribution in [0, 0.1) is 23.7 Å². The van der Waals surface area contributed by atoms with Gasteiger partial charge in [-0.2, -0.15) is 18.4 Å². The van der Waals surface area contributed by atoms with Gasteiger partial charge >= 0.3 is 6.18 Å². The summed E-state index contributed by atoms with van der Waals surface area (Å²) in [7, 11) is -4.35. The van der Waals surface area contributed by atoms with Crippen molar-refractivity contribution in [2.75, 3.05) is 6.61 Å². The Labute approximate surface area is 197 Å². The number of aryl methyl sites for hydroxylation is 1. The van der Waals surface area contributed by atoms with Crippen LogP contribution in [0.15, 0.2) is 52.5 Å². The Morgan fingerprint density at radius 2 is 1.97 bits per heavy atom. The Bertz CT molecular complexity index is 1470. The molecule has 0 bridgehead atoms. The van der Waals surface area contributed by atoms with Crippen LogP contribution in [-0.4, -0.2) is 41.9 Å². The van der Waals surface area contributed by atoms with Crippen molar-refractivity contribution in [2.24, 2.45) is 11.1 Å². The fourth-order valence-electron chi connectivity index (χ4n) is 3.46. The number of nitrogens with two attached hydrogens (primary N) is 1. The van der Waals surface area contributed by atoms with Crippen LogP contribution >= 0.6 is 0 Å². The predicted molar refractivity (Wildman–Crippen MR) is 114 cm³/mol. The van der Waals surface area contributed by atoms with E-state index in [0.717, 1.165) is 4.68 Å². The van der Waals surface area contributed by atoms with Crippen molar-refractivity contribution in [1.82, 2.24) is 14.8 Å². The molecular formula is C22H18F3N5O4S. The number of rotatable bonds is 7. The molecule has 4 rings (SSSR count). The Morgan fingerprint density at radius 3 is 2.54 bits per heavy atom. The van der Waals surface area contributed by atoms with Gasteiger partial charge in [0.1, 0.15) is 12.0 Å². The topological polar surface area (TPSA) is 141 Å². The zero-order chi connectivity index (χ0) is 25.6. The summed E-state index contributed by atoms with van der Waals surface area (Å²) < 4.78 is 72.4. The van der Waals surface area contributed by atoms with Crippen molar-refractivity contribution in [1.29, 1.82) is 5.26 Å². The number of carbonyl (C=O) groups excluding carboxylic acids is 1. The number of benzene rings is 1. The number of sulfone groups is 1. The molecular weight excluding hydrogens is 487 g/mol. The smallest absolute Gasteiger partial charge is 0.397 e. The van der Waals surface area contributed by atoms with Crippen molar-refractivity contribution in [3.05, 3.63) is 59.3 Å². The standard InChI is InChI=1S/C22H18F3N5O4S/c1-13-10-14(11-26)2-4-16(13)35(32,33)20-15(19(27)31)3-5-17(28-20)30-9-6-18(29-30)34-12-21(7-8-21)22(23,24)25/h2-6,9-10H,7-8,12H2,1H3,(H2,27,31). The normalized spacial score (nSPS) is 14.8. The molecule has 35 heavy (non-hydrogen) atoms. The summed E-state index contributed by atoms with van der Waals surface area (Å²) in [6.45, 7) is 0.908. The number of primary amides is 1. The highest BCUT2D eigenvalue weighted by Crippen LogP contribution is 2.57. The second-order valence-corrected chi connectivity index (χ2v) is 9.98. The third kappa shape index (κ3) is 4.44. The number of halogens is 3. The summed E-state index contributed by atoms with van der Waals surface area (Å²) >= 11 is 0. The molecule has 1 aromatic carbocycles. The second-order valence-electron chi connectivity index (χ2n) is 8.15. The van der Waals surface area contributed by atoms with Crippen LogP contribution in [0.4, 0.5) is 13.2 Å². The van der Waals surface area contributed by atoms with Crippen LogP contribution in [0.5, 0.6) is 5.88 Å². The number of hydrogen-bond acceptors (Lipinski definition) is 7. The summed E-state index contributed by atoms with van der Waals surface area (Å²) in [6.07, 6.45) is -3.10. The second kappa shape index (κ2) is 8.38. The lowest BCUT2D eigenvalue weighted by Gasteiger charge is -2.18. The van der Waals surface area contributed by atoms with E-state index in [0.29, 0.717) is 0 Å². The third-order valence-corrected chi connectivity index (χ3v) is 7.57. The van der Waals surface area contributed by atoms with E-state index in [-0.39, 0.29) is 46.1 Å². The van der Waals surface area contributed by atoms with Gasteiger partial charge in [0.05, 0.1) is 22.1 Å². The van der Waals surface area contributed by atoms with Gasteiger partial charge in [-0.25, -0.2) is 18.1 Å². The third-order valence-electron chi connectivity index (χ3n) is 5.71.